The average molecular weight is 288 g/mol. The molecular weight excluding hydrogens is 268 g/mol. The summed E-state index contributed by atoms with van der Waals surface area (Å²) in [6, 6.07) is 7.92. The fourth-order valence-electron chi connectivity index (χ4n) is 2.67. The van der Waals surface area contributed by atoms with E-state index in [1.807, 2.05) is 24.3 Å². The number of hydrogen-bond donors (Lipinski definition) is 2. The molecule has 0 saturated carbocycles. The largest absolute Gasteiger partial charge is 0.497 e. The lowest BCUT2D eigenvalue weighted by atomic mass is 10.1. The summed E-state index contributed by atoms with van der Waals surface area (Å²) >= 11 is 0. The van der Waals surface area contributed by atoms with E-state index in [0.717, 1.165) is 35.4 Å². The van der Waals surface area contributed by atoms with Crippen LogP contribution < -0.4 is 10.1 Å². The molecule has 5 heteroatoms. The van der Waals surface area contributed by atoms with Gasteiger partial charge in [-0.25, -0.2) is 0 Å². The van der Waals surface area contributed by atoms with Crippen molar-refractivity contribution < 1.29 is 14.3 Å². The number of aromatic nitrogens is 1. The van der Waals surface area contributed by atoms with Crippen molar-refractivity contribution in [1.29, 1.82) is 0 Å². The minimum absolute atomic E-state index is 0.0849. The maximum Gasteiger partial charge on any atom is 0.220 e. The lowest BCUT2D eigenvalue weighted by molar-refractivity contribution is -0.122. The first-order valence-electron chi connectivity index (χ1n) is 7.24. The summed E-state index contributed by atoms with van der Waals surface area (Å²) in [4.78, 5) is 15.2. The molecule has 1 amide bonds. The molecule has 0 radical (unpaired) electrons. The molecule has 0 unspecified atom stereocenters. The van der Waals surface area contributed by atoms with Crippen LogP contribution in [0.15, 0.2) is 24.3 Å². The van der Waals surface area contributed by atoms with Gasteiger partial charge in [0.1, 0.15) is 5.75 Å². The zero-order valence-corrected chi connectivity index (χ0v) is 12.1. The standard InChI is InChI=1S/C16H20N2O3/c1-20-14-2-3-15-12(8-14)7-13(18-15)9-17-16(19)6-11-4-5-21-10-11/h2-3,7-8,11,18H,4-6,9-10H2,1H3,(H,17,19)/t11-/m0/s1. The van der Waals surface area contributed by atoms with Gasteiger partial charge >= 0.3 is 0 Å². The molecule has 21 heavy (non-hydrogen) atoms. The van der Waals surface area contributed by atoms with Crippen LogP contribution in [0.4, 0.5) is 0 Å². The Labute approximate surface area is 123 Å². The lowest BCUT2D eigenvalue weighted by Crippen LogP contribution is -2.25. The van der Waals surface area contributed by atoms with Crippen LogP contribution in [0.3, 0.4) is 0 Å². The van der Waals surface area contributed by atoms with Crippen LogP contribution in [0.1, 0.15) is 18.5 Å². The summed E-state index contributed by atoms with van der Waals surface area (Å²) in [6.07, 6.45) is 1.54. The topological polar surface area (TPSA) is 63.3 Å². The zero-order chi connectivity index (χ0) is 14.7. The van der Waals surface area contributed by atoms with E-state index in [4.69, 9.17) is 9.47 Å². The molecule has 5 nitrogen and oxygen atoms in total. The third-order valence-corrected chi connectivity index (χ3v) is 3.86. The van der Waals surface area contributed by atoms with Crippen LogP contribution in [-0.2, 0) is 16.1 Å². The Hall–Kier alpha value is -2.01. The number of H-pyrrole nitrogens is 1. The summed E-state index contributed by atoms with van der Waals surface area (Å²) < 4.78 is 10.5. The highest BCUT2D eigenvalue weighted by molar-refractivity contribution is 5.82. The Morgan fingerprint density at radius 1 is 1.48 bits per heavy atom. The van der Waals surface area contributed by atoms with Crippen molar-refractivity contribution >= 4 is 16.8 Å². The molecule has 1 atom stereocenters. The van der Waals surface area contributed by atoms with Gasteiger partial charge in [0.2, 0.25) is 5.91 Å². The molecule has 2 N–H and O–H groups in total. The van der Waals surface area contributed by atoms with Crippen LogP contribution in [0, 0.1) is 5.92 Å². The number of amides is 1. The summed E-state index contributed by atoms with van der Waals surface area (Å²) in [5.74, 6) is 1.29. The Bertz CT molecular complexity index is 629. The van der Waals surface area contributed by atoms with Crippen LogP contribution in [-0.4, -0.2) is 31.2 Å². The molecule has 1 aliphatic heterocycles. The second-order valence-corrected chi connectivity index (χ2v) is 5.46. The summed E-state index contributed by atoms with van der Waals surface area (Å²) in [5.41, 5.74) is 2.04. The van der Waals surface area contributed by atoms with E-state index in [1.165, 1.54) is 0 Å². The molecule has 1 fully saturated rings. The number of aromatic amines is 1. The van der Waals surface area contributed by atoms with Gasteiger partial charge in [-0.05, 0) is 36.6 Å². The van der Waals surface area contributed by atoms with Gasteiger partial charge in [-0.2, -0.15) is 0 Å². The number of rotatable bonds is 5. The molecule has 2 heterocycles. The van der Waals surface area contributed by atoms with E-state index in [2.05, 4.69) is 10.3 Å². The Kier molecular flexibility index (Phi) is 4.10. The molecule has 0 aliphatic carbocycles. The summed E-state index contributed by atoms with van der Waals surface area (Å²) in [5, 5.41) is 4.04. The van der Waals surface area contributed by atoms with Gasteiger partial charge in [0.05, 0.1) is 13.7 Å². The molecular formula is C16H20N2O3. The van der Waals surface area contributed by atoms with Gasteiger partial charge < -0.3 is 19.8 Å². The van der Waals surface area contributed by atoms with Crippen molar-refractivity contribution in [2.45, 2.75) is 19.4 Å². The second-order valence-electron chi connectivity index (χ2n) is 5.46. The smallest absolute Gasteiger partial charge is 0.220 e. The minimum Gasteiger partial charge on any atom is -0.497 e. The van der Waals surface area contributed by atoms with E-state index in [9.17, 15) is 4.79 Å². The van der Waals surface area contributed by atoms with Crippen LogP contribution in [0.5, 0.6) is 5.75 Å². The average Bonchev–Trinajstić information content (AvgIpc) is 3.12. The number of benzene rings is 1. The molecule has 0 spiro atoms. The van der Waals surface area contributed by atoms with Crippen molar-refractivity contribution in [2.75, 3.05) is 20.3 Å². The maximum atomic E-state index is 11.9. The second kappa shape index (κ2) is 6.18. The number of methoxy groups -OCH3 is 1. The Morgan fingerprint density at radius 3 is 3.14 bits per heavy atom. The predicted molar refractivity (Wildman–Crippen MR) is 80.2 cm³/mol. The van der Waals surface area contributed by atoms with E-state index in [0.29, 0.717) is 25.5 Å². The lowest BCUT2D eigenvalue weighted by Gasteiger charge is -2.07. The van der Waals surface area contributed by atoms with Crippen molar-refractivity contribution in [2.24, 2.45) is 5.92 Å². The number of carbonyl (C=O) groups is 1. The molecule has 0 bridgehead atoms. The maximum absolute atomic E-state index is 11.9. The molecule has 3 rings (SSSR count). The molecule has 1 saturated heterocycles. The molecule has 1 aliphatic rings. The number of carbonyl (C=O) groups excluding carboxylic acids is 1. The van der Waals surface area contributed by atoms with E-state index in [-0.39, 0.29) is 5.91 Å². The number of nitrogens with one attached hydrogen (secondary N) is 2. The molecule has 1 aromatic heterocycles. The number of fused-ring (bicyclic) bond motifs is 1. The number of hydrogen-bond acceptors (Lipinski definition) is 3. The highest BCUT2D eigenvalue weighted by Crippen LogP contribution is 2.21. The van der Waals surface area contributed by atoms with Gasteiger partial charge in [0.15, 0.2) is 0 Å². The van der Waals surface area contributed by atoms with Crippen LogP contribution >= 0.6 is 0 Å². The van der Waals surface area contributed by atoms with Gasteiger partial charge in [0.25, 0.3) is 0 Å². The first-order chi connectivity index (χ1) is 10.2. The van der Waals surface area contributed by atoms with Gasteiger partial charge in [0, 0.05) is 36.2 Å². The summed E-state index contributed by atoms with van der Waals surface area (Å²) in [6.45, 7) is 2.00. The monoisotopic (exact) mass is 288 g/mol. The van der Waals surface area contributed by atoms with Crippen LogP contribution in [0.25, 0.3) is 10.9 Å². The highest BCUT2D eigenvalue weighted by atomic mass is 16.5. The van der Waals surface area contributed by atoms with E-state index >= 15 is 0 Å². The van der Waals surface area contributed by atoms with Crippen molar-refractivity contribution in [3.63, 3.8) is 0 Å². The highest BCUT2D eigenvalue weighted by Gasteiger charge is 2.18. The zero-order valence-electron chi connectivity index (χ0n) is 12.1. The predicted octanol–water partition coefficient (Wildman–Crippen LogP) is 2.22. The normalized spacial score (nSPS) is 18.0. The molecule has 1 aromatic carbocycles. The molecule has 112 valence electrons. The van der Waals surface area contributed by atoms with E-state index in [1.54, 1.807) is 7.11 Å². The quantitative estimate of drug-likeness (QED) is 0.886. The van der Waals surface area contributed by atoms with Gasteiger partial charge in [-0.3, -0.25) is 4.79 Å². The van der Waals surface area contributed by atoms with Crippen molar-refractivity contribution in [3.8, 4) is 5.75 Å². The van der Waals surface area contributed by atoms with E-state index < -0.39 is 0 Å². The fraction of sp³-hybridized carbons (Fsp3) is 0.438. The SMILES string of the molecule is COc1ccc2[nH]c(CNC(=O)C[C@@H]3CCOC3)cc2c1. The van der Waals surface area contributed by atoms with Gasteiger partial charge in [-0.15, -0.1) is 0 Å². The first-order valence-corrected chi connectivity index (χ1v) is 7.24. The third kappa shape index (κ3) is 3.36. The van der Waals surface area contributed by atoms with Crippen molar-refractivity contribution in [1.82, 2.24) is 10.3 Å². The third-order valence-electron chi connectivity index (χ3n) is 3.86. The Balaban J connectivity index is 1.58. The number of ether oxygens (including phenoxy) is 2. The molecule has 2 aromatic rings. The summed E-state index contributed by atoms with van der Waals surface area (Å²) in [7, 11) is 1.65. The van der Waals surface area contributed by atoms with Crippen molar-refractivity contribution in [3.05, 3.63) is 30.0 Å². The Morgan fingerprint density at radius 2 is 2.38 bits per heavy atom. The van der Waals surface area contributed by atoms with Crippen LogP contribution in [0.2, 0.25) is 0 Å². The fourth-order valence-corrected chi connectivity index (χ4v) is 2.67. The first kappa shape index (κ1) is 13.9. The minimum atomic E-state index is 0.0849. The van der Waals surface area contributed by atoms with Gasteiger partial charge in [-0.1, -0.05) is 0 Å².